The minimum absolute atomic E-state index is 0.111. The molecule has 210 valence electrons. The van der Waals surface area contributed by atoms with Crippen LogP contribution in [0.3, 0.4) is 0 Å². The van der Waals surface area contributed by atoms with Crippen LogP contribution in [0.2, 0.25) is 0 Å². The number of esters is 1. The number of carbonyl (C=O) groups excluding carboxylic acids is 1. The molecule has 0 unspecified atom stereocenters. The van der Waals surface area contributed by atoms with E-state index in [1.807, 2.05) is 13.0 Å². The normalized spacial score (nSPS) is 53.8. The number of allylic oxidation sites excluding steroid dienone is 1. The van der Waals surface area contributed by atoms with Crippen LogP contribution in [0.15, 0.2) is 35.2 Å². The Labute approximate surface area is 218 Å². The van der Waals surface area contributed by atoms with Crippen LogP contribution >= 0.6 is 0 Å². The predicted octanol–water partition coefficient (Wildman–Crippen LogP) is -1.08. The van der Waals surface area contributed by atoms with Gasteiger partial charge in [-0.15, -0.1) is 0 Å². The fourth-order valence-corrected chi connectivity index (χ4v) is 7.82. The lowest BCUT2D eigenvalue weighted by Crippen LogP contribution is -2.79. The van der Waals surface area contributed by atoms with Gasteiger partial charge in [0.05, 0.1) is 31.8 Å². The third-order valence-corrected chi connectivity index (χ3v) is 10.1. The molecule has 0 spiro atoms. The number of aliphatic hydroxyl groups excluding tert-OH is 5. The van der Waals surface area contributed by atoms with E-state index in [9.17, 15) is 35.4 Å². The second-order valence-electron chi connectivity index (χ2n) is 11.7. The summed E-state index contributed by atoms with van der Waals surface area (Å²) in [4.78, 5) is 13.4. The Morgan fingerprint density at radius 1 is 1.13 bits per heavy atom. The van der Waals surface area contributed by atoms with Gasteiger partial charge in [0.25, 0.3) is 0 Å². The third-order valence-electron chi connectivity index (χ3n) is 10.1. The molecule has 2 aliphatic carbocycles. The van der Waals surface area contributed by atoms with Crippen LogP contribution in [-0.2, 0) is 23.7 Å². The lowest BCUT2D eigenvalue weighted by molar-refractivity contribution is -0.345. The largest absolute Gasteiger partial charge is 0.472 e. The first-order valence-corrected chi connectivity index (χ1v) is 12.9. The van der Waals surface area contributed by atoms with Crippen molar-refractivity contribution in [3.05, 3.63) is 36.3 Å². The lowest BCUT2D eigenvalue weighted by atomic mass is 9.41. The molecular formula is C26H34O12. The molecule has 12 nitrogen and oxygen atoms in total. The number of ether oxygens (including phenoxy) is 4. The molecule has 1 aromatic heterocycles. The first kappa shape index (κ1) is 26.4. The van der Waals surface area contributed by atoms with Crippen molar-refractivity contribution in [3.63, 3.8) is 0 Å². The van der Waals surface area contributed by atoms with Crippen molar-refractivity contribution < 1.29 is 58.8 Å². The summed E-state index contributed by atoms with van der Waals surface area (Å²) in [6.07, 6.45) is -3.74. The van der Waals surface area contributed by atoms with Crippen molar-refractivity contribution in [1.82, 2.24) is 0 Å². The average molecular weight is 539 g/mol. The maximum atomic E-state index is 13.4. The Kier molecular flexibility index (Phi) is 5.94. The Balaban J connectivity index is 1.41. The Morgan fingerprint density at radius 2 is 1.89 bits per heavy atom. The zero-order chi connectivity index (χ0) is 27.3. The van der Waals surface area contributed by atoms with Crippen LogP contribution in [0.5, 0.6) is 0 Å². The van der Waals surface area contributed by atoms with E-state index < -0.39 is 89.5 Å². The zero-order valence-corrected chi connectivity index (χ0v) is 21.0. The minimum atomic E-state index is -2.27. The summed E-state index contributed by atoms with van der Waals surface area (Å²) in [5.74, 6) is -1.43. The van der Waals surface area contributed by atoms with Crippen LogP contribution in [0.25, 0.3) is 0 Å². The molecule has 0 aromatic carbocycles. The summed E-state index contributed by atoms with van der Waals surface area (Å²) in [6.45, 7) is 2.88. The van der Waals surface area contributed by atoms with Gasteiger partial charge in [-0.25, -0.2) is 4.79 Å². The summed E-state index contributed by atoms with van der Waals surface area (Å²) >= 11 is 0. The van der Waals surface area contributed by atoms with Gasteiger partial charge in [0.2, 0.25) is 0 Å². The van der Waals surface area contributed by atoms with Gasteiger partial charge < -0.3 is 54.0 Å². The van der Waals surface area contributed by atoms with Gasteiger partial charge in [-0.3, -0.25) is 0 Å². The third kappa shape index (κ3) is 3.09. The molecule has 0 bridgehead atoms. The molecule has 1 saturated carbocycles. The standard InChI is InChI=1S/C26H34O12/c1-23-8-13(12-5-7-34-10-12)37-22(32)26(23,33)19(31)20-24(2)15(23)4-3-6-25(24,11-35-20)38-21-18(30)17(29)16(28)14(9-27)36-21/h3,5-7,10,13-21,27-31,33H,4,8-9,11H2,1-2H3/t13-,14+,15-,16+,17-,18+,19-,20+,21-,23-,24-,25+,26-/m0/s1. The van der Waals surface area contributed by atoms with Crippen molar-refractivity contribution >= 4 is 5.97 Å². The molecule has 12 heteroatoms. The number of fused-ring (bicyclic) bond motifs is 2. The maximum Gasteiger partial charge on any atom is 0.342 e. The van der Waals surface area contributed by atoms with E-state index in [2.05, 4.69) is 0 Å². The second kappa shape index (κ2) is 8.56. The number of cyclic esters (lactones) is 1. The van der Waals surface area contributed by atoms with Crippen molar-refractivity contribution in [2.45, 2.75) is 86.9 Å². The highest BCUT2D eigenvalue weighted by atomic mass is 16.7. The second-order valence-corrected chi connectivity index (χ2v) is 11.7. The van der Waals surface area contributed by atoms with E-state index in [1.54, 1.807) is 19.1 Å². The number of rotatable bonds is 4. The van der Waals surface area contributed by atoms with Crippen LogP contribution in [0, 0.1) is 16.7 Å². The summed E-state index contributed by atoms with van der Waals surface area (Å²) in [7, 11) is 0. The van der Waals surface area contributed by atoms with Gasteiger partial charge in [0.15, 0.2) is 11.9 Å². The number of hydrogen-bond donors (Lipinski definition) is 6. The monoisotopic (exact) mass is 538 g/mol. The smallest absolute Gasteiger partial charge is 0.342 e. The molecule has 1 aromatic rings. The SMILES string of the molecule is C[C@]12[C@@H]3OC[C@]1(O[C@@H]1O[C@H](CO)[C@@H](O)[C@H](O)[C@H]1O)C=CC[C@H]2[C@]1(C)C[C@@H](c2ccoc2)OC(=O)[C@@]1(O)[C@H]3O. The number of aliphatic hydroxyl groups is 6. The summed E-state index contributed by atoms with van der Waals surface area (Å²) in [5, 5.41) is 64.3. The average Bonchev–Trinajstić information content (AvgIpc) is 3.52. The van der Waals surface area contributed by atoms with Gasteiger partial charge in [-0.2, -0.15) is 0 Å². The highest BCUT2D eigenvalue weighted by Crippen LogP contribution is 2.70. The van der Waals surface area contributed by atoms with E-state index in [0.29, 0.717) is 12.0 Å². The fourth-order valence-electron chi connectivity index (χ4n) is 7.82. The molecule has 4 fully saturated rings. The highest BCUT2D eigenvalue weighted by molar-refractivity contribution is 5.83. The molecule has 38 heavy (non-hydrogen) atoms. The van der Waals surface area contributed by atoms with E-state index in [0.717, 1.165) is 0 Å². The van der Waals surface area contributed by atoms with Crippen LogP contribution in [-0.4, -0.2) is 104 Å². The summed E-state index contributed by atoms with van der Waals surface area (Å²) in [5.41, 5.74) is -5.21. The van der Waals surface area contributed by atoms with Crippen LogP contribution in [0.1, 0.15) is 38.4 Å². The molecule has 6 rings (SSSR count). The Bertz CT molecular complexity index is 1110. The van der Waals surface area contributed by atoms with E-state index in [1.165, 1.54) is 12.5 Å². The van der Waals surface area contributed by atoms with Gasteiger partial charge in [-0.1, -0.05) is 26.0 Å². The fraction of sp³-hybridized carbons (Fsp3) is 0.731. The van der Waals surface area contributed by atoms with Gasteiger partial charge in [0, 0.05) is 16.4 Å². The molecule has 5 aliphatic rings. The summed E-state index contributed by atoms with van der Waals surface area (Å²) < 4.78 is 28.9. The van der Waals surface area contributed by atoms with E-state index in [4.69, 9.17) is 23.4 Å². The molecule has 13 atom stereocenters. The molecule has 3 saturated heterocycles. The molecule has 4 heterocycles. The van der Waals surface area contributed by atoms with E-state index in [-0.39, 0.29) is 13.0 Å². The van der Waals surface area contributed by atoms with E-state index >= 15 is 0 Å². The number of carbonyl (C=O) groups is 1. The highest BCUT2D eigenvalue weighted by Gasteiger charge is 2.80. The Morgan fingerprint density at radius 3 is 2.58 bits per heavy atom. The molecule has 0 amide bonds. The van der Waals surface area contributed by atoms with Crippen molar-refractivity contribution in [3.8, 4) is 0 Å². The van der Waals surface area contributed by atoms with Crippen LogP contribution < -0.4 is 0 Å². The van der Waals surface area contributed by atoms with Gasteiger partial charge in [-0.05, 0) is 24.8 Å². The quantitative estimate of drug-likeness (QED) is 0.201. The maximum absolute atomic E-state index is 13.4. The molecule has 3 aliphatic heterocycles. The lowest BCUT2D eigenvalue weighted by Gasteiger charge is -2.66. The molecule has 6 N–H and O–H groups in total. The summed E-state index contributed by atoms with van der Waals surface area (Å²) in [6, 6.07) is 1.68. The molecular weight excluding hydrogens is 504 g/mol. The van der Waals surface area contributed by atoms with Crippen molar-refractivity contribution in [2.24, 2.45) is 16.7 Å². The predicted molar refractivity (Wildman–Crippen MR) is 124 cm³/mol. The van der Waals surface area contributed by atoms with Crippen LogP contribution in [0.4, 0.5) is 0 Å². The van der Waals surface area contributed by atoms with Crippen molar-refractivity contribution in [1.29, 1.82) is 0 Å². The number of hydrogen-bond acceptors (Lipinski definition) is 12. The Hall–Kier alpha value is -1.87. The zero-order valence-electron chi connectivity index (χ0n) is 21.0. The molecule has 0 radical (unpaired) electrons. The van der Waals surface area contributed by atoms with Gasteiger partial charge in [0.1, 0.15) is 42.2 Å². The minimum Gasteiger partial charge on any atom is -0.472 e. The topological polar surface area (TPSA) is 189 Å². The van der Waals surface area contributed by atoms with Gasteiger partial charge >= 0.3 is 5.97 Å². The first-order chi connectivity index (χ1) is 17.9. The number of furan rings is 1. The van der Waals surface area contributed by atoms with Crippen molar-refractivity contribution in [2.75, 3.05) is 13.2 Å². The first-order valence-electron chi connectivity index (χ1n) is 12.9.